The van der Waals surface area contributed by atoms with E-state index >= 15 is 0 Å². The van der Waals surface area contributed by atoms with Crippen molar-refractivity contribution in [2.45, 2.75) is 142 Å². The molecule has 1 saturated heterocycles. The Balaban J connectivity index is 1.31. The molecule has 0 bridgehead atoms. The smallest absolute Gasteiger partial charge is 0.310 e. The van der Waals surface area contributed by atoms with Gasteiger partial charge in [-0.05, 0) is 84.0 Å². The summed E-state index contributed by atoms with van der Waals surface area (Å²) in [6.45, 7) is 9.71. The Morgan fingerprint density at radius 2 is 1.86 bits per heavy atom. The highest BCUT2D eigenvalue weighted by Gasteiger charge is 2.61. The number of aryl methyl sites for hydroxylation is 1. The van der Waals surface area contributed by atoms with Crippen LogP contribution >= 0.6 is 11.3 Å². The number of Topliss-reactive ketones (excluding diaryl/α,β-unsaturated/α-hetero) is 1. The Bertz CT molecular complexity index is 1680. The predicted octanol–water partition coefficient (Wildman–Crippen LogP) is 6.87. The summed E-state index contributed by atoms with van der Waals surface area (Å²) in [7, 11) is 0. The quantitative estimate of drug-likeness (QED) is 0.237. The van der Waals surface area contributed by atoms with E-state index in [4.69, 9.17) is 24.4 Å². The molecule has 0 radical (unpaired) electrons. The summed E-state index contributed by atoms with van der Waals surface area (Å²) in [6, 6.07) is -0.875. The molecular weight excluding hydrogens is 669 g/mol. The van der Waals surface area contributed by atoms with Crippen LogP contribution in [0.3, 0.4) is 0 Å². The van der Waals surface area contributed by atoms with Gasteiger partial charge in [-0.1, -0.05) is 38.8 Å². The topological polar surface area (TPSA) is 149 Å². The van der Waals surface area contributed by atoms with E-state index in [0.29, 0.717) is 24.5 Å². The van der Waals surface area contributed by atoms with E-state index in [0.717, 1.165) is 73.3 Å². The number of hydrogen-bond acceptors (Lipinski definition) is 10. The van der Waals surface area contributed by atoms with Gasteiger partial charge in [0, 0.05) is 29.7 Å². The monoisotopic (exact) mass is 720 g/mol. The number of carboxylic acids is 1. The number of aliphatic carboxylic acids is 1. The number of ketones is 1. The molecule has 6 rings (SSSR count). The Morgan fingerprint density at radius 3 is 2.59 bits per heavy atom. The van der Waals surface area contributed by atoms with Crippen molar-refractivity contribution in [3.63, 3.8) is 0 Å². The van der Waals surface area contributed by atoms with Crippen molar-refractivity contribution in [2.24, 2.45) is 17.3 Å². The average molecular weight is 721 g/mol. The van der Waals surface area contributed by atoms with Crippen LogP contribution in [0.15, 0.2) is 17.5 Å². The van der Waals surface area contributed by atoms with E-state index in [9.17, 15) is 24.3 Å². The summed E-state index contributed by atoms with van der Waals surface area (Å²) < 4.78 is 12.3. The zero-order valence-corrected chi connectivity index (χ0v) is 31.4. The molecule has 2 aromatic heterocycles. The highest BCUT2D eigenvalue weighted by molar-refractivity contribution is 7.13. The molecule has 1 N–H and O–H groups in total. The number of ether oxygens (including phenoxy) is 2. The summed E-state index contributed by atoms with van der Waals surface area (Å²) >= 11 is 1.50. The van der Waals surface area contributed by atoms with Gasteiger partial charge in [-0.25, -0.2) is 9.97 Å². The zero-order chi connectivity index (χ0) is 36.5. The fourth-order valence-electron chi connectivity index (χ4n) is 7.76. The van der Waals surface area contributed by atoms with Gasteiger partial charge in [-0.2, -0.15) is 4.98 Å². The minimum atomic E-state index is -1.17. The summed E-state index contributed by atoms with van der Waals surface area (Å²) in [6.07, 6.45) is 11.1. The van der Waals surface area contributed by atoms with Crippen LogP contribution in [0.5, 0.6) is 5.88 Å². The van der Waals surface area contributed by atoms with Crippen LogP contribution < -0.4 is 4.74 Å². The molecule has 0 spiro atoms. The molecule has 12 heteroatoms. The lowest BCUT2D eigenvalue weighted by Crippen LogP contribution is -2.45. The molecule has 51 heavy (non-hydrogen) atoms. The first kappa shape index (κ1) is 37.1. The molecule has 1 saturated carbocycles. The Morgan fingerprint density at radius 1 is 1.08 bits per heavy atom. The maximum atomic E-state index is 14.5. The third kappa shape index (κ3) is 8.53. The Hall–Kier alpha value is -3.67. The highest BCUT2D eigenvalue weighted by Crippen LogP contribution is 2.57. The number of carbonyl (C=O) groups is 4. The number of amides is 1. The molecule has 2 aromatic rings. The van der Waals surface area contributed by atoms with Gasteiger partial charge in [0.1, 0.15) is 11.7 Å². The average Bonchev–Trinajstić information content (AvgIpc) is 3.36. The van der Waals surface area contributed by atoms with Gasteiger partial charge in [-0.15, -0.1) is 11.3 Å². The number of nitrogens with zero attached hydrogens (tertiary/aromatic N) is 4. The van der Waals surface area contributed by atoms with Gasteiger partial charge in [0.2, 0.25) is 11.8 Å². The van der Waals surface area contributed by atoms with E-state index in [1.54, 1.807) is 25.7 Å². The number of fused-ring (bicyclic) bond motifs is 3. The standard InChI is InChI=1S/C39H52N4O7S/c1-23(2)29-22-51-35(41-29)33-40-28-16-12-11-15-27(28)34(42-33)49-26-18-30-31(44)20-39(37(47)48)19-25(39)14-10-8-6-7-9-13-24(36(46)43(30)21-26)17-32(45)50-38(3,4)5/h10,14,22-26,30H,6-9,11-13,15-21H2,1-5H3,(H,47,48)/b14-10-/t24-,25-,26-,30+,39-/m1/s1. The van der Waals surface area contributed by atoms with Crippen LogP contribution in [0.2, 0.25) is 0 Å². The number of hydrogen-bond donors (Lipinski definition) is 1. The third-order valence-corrected chi connectivity index (χ3v) is 11.5. The molecule has 2 aliphatic carbocycles. The lowest BCUT2D eigenvalue weighted by molar-refractivity contribution is -0.159. The van der Waals surface area contributed by atoms with Gasteiger partial charge in [0.15, 0.2) is 16.6 Å². The van der Waals surface area contributed by atoms with Crippen molar-refractivity contribution < 1.29 is 33.8 Å². The second-order valence-electron chi connectivity index (χ2n) is 16.2. The number of esters is 1. The zero-order valence-electron chi connectivity index (χ0n) is 30.6. The second-order valence-corrected chi connectivity index (χ2v) is 17.0. The third-order valence-electron chi connectivity index (χ3n) is 10.7. The fraction of sp³-hybridized carbons (Fsp3) is 0.667. The van der Waals surface area contributed by atoms with Crippen LogP contribution in [0, 0.1) is 17.3 Å². The van der Waals surface area contributed by atoms with Crippen molar-refractivity contribution in [3.8, 4) is 16.7 Å². The molecular formula is C39H52N4O7S. The van der Waals surface area contributed by atoms with Gasteiger partial charge in [-0.3, -0.25) is 19.2 Å². The first-order valence-corrected chi connectivity index (χ1v) is 19.6. The Labute approximate surface area is 304 Å². The number of aromatic nitrogens is 3. The second kappa shape index (κ2) is 15.1. The SMILES string of the molecule is CC(C)c1csc(-c2nc3c(c(O[C@@H]4C[C@H]5C(=O)C[C@]6(C(=O)O)C[C@H]6/C=C\CCCCC[C@H](CC(=O)OC(C)(C)C)C(=O)N5C4)n2)CCCC3)n1. The van der Waals surface area contributed by atoms with E-state index < -0.39 is 41.0 Å². The summed E-state index contributed by atoms with van der Waals surface area (Å²) in [5.41, 5.74) is 1.00. The maximum Gasteiger partial charge on any atom is 0.310 e. The molecule has 5 atom stereocenters. The summed E-state index contributed by atoms with van der Waals surface area (Å²) in [5.74, 6) is -1.65. The molecule has 0 unspecified atom stereocenters. The van der Waals surface area contributed by atoms with E-state index in [-0.39, 0.29) is 49.3 Å². The lowest BCUT2D eigenvalue weighted by atomic mass is 9.91. The van der Waals surface area contributed by atoms with Gasteiger partial charge < -0.3 is 19.5 Å². The van der Waals surface area contributed by atoms with E-state index in [2.05, 4.69) is 13.8 Å². The van der Waals surface area contributed by atoms with Crippen LogP contribution in [0.25, 0.3) is 10.8 Å². The van der Waals surface area contributed by atoms with Crippen LogP contribution in [0.1, 0.15) is 128 Å². The van der Waals surface area contributed by atoms with E-state index in [1.807, 2.05) is 17.5 Å². The minimum Gasteiger partial charge on any atom is -0.481 e. The normalized spacial score (nSPS) is 27.8. The van der Waals surface area contributed by atoms with Crippen LogP contribution in [-0.2, 0) is 36.8 Å². The fourth-order valence-corrected chi connectivity index (χ4v) is 8.67. The van der Waals surface area contributed by atoms with Crippen molar-refractivity contribution in [1.29, 1.82) is 0 Å². The number of carbonyl (C=O) groups excluding carboxylic acids is 3. The van der Waals surface area contributed by atoms with E-state index in [1.165, 1.54) is 11.3 Å². The van der Waals surface area contributed by atoms with Crippen molar-refractivity contribution in [3.05, 3.63) is 34.5 Å². The molecule has 2 aliphatic heterocycles. The highest BCUT2D eigenvalue weighted by atomic mass is 32.1. The minimum absolute atomic E-state index is 0.0883. The molecule has 1 amide bonds. The lowest BCUT2D eigenvalue weighted by Gasteiger charge is -2.29. The summed E-state index contributed by atoms with van der Waals surface area (Å²) in [4.78, 5) is 70.5. The molecule has 276 valence electrons. The van der Waals surface area contributed by atoms with Crippen LogP contribution in [0.4, 0.5) is 0 Å². The number of rotatable bonds is 7. The maximum absolute atomic E-state index is 14.5. The number of thiazole rings is 1. The Kier molecular flexibility index (Phi) is 11.0. The first-order valence-electron chi connectivity index (χ1n) is 18.7. The number of carboxylic acid groups (broad SMARTS) is 1. The van der Waals surface area contributed by atoms with Gasteiger partial charge in [0.25, 0.3) is 0 Å². The largest absolute Gasteiger partial charge is 0.481 e. The first-order chi connectivity index (χ1) is 24.2. The summed E-state index contributed by atoms with van der Waals surface area (Å²) in [5, 5.41) is 13.0. The molecule has 4 heterocycles. The molecule has 4 aliphatic rings. The number of allylic oxidation sites excluding steroid dienone is 2. The van der Waals surface area contributed by atoms with Gasteiger partial charge >= 0.3 is 11.9 Å². The van der Waals surface area contributed by atoms with Crippen LogP contribution in [-0.4, -0.2) is 72.9 Å². The van der Waals surface area contributed by atoms with Gasteiger partial charge in [0.05, 0.1) is 35.8 Å². The molecule has 0 aromatic carbocycles. The van der Waals surface area contributed by atoms with Crippen molar-refractivity contribution in [1.82, 2.24) is 19.9 Å². The predicted molar refractivity (Wildman–Crippen MR) is 192 cm³/mol. The van der Waals surface area contributed by atoms with Crippen molar-refractivity contribution >= 4 is 35.0 Å². The van der Waals surface area contributed by atoms with Crippen molar-refractivity contribution in [2.75, 3.05) is 6.54 Å². The molecule has 11 nitrogen and oxygen atoms in total. The molecule has 2 fully saturated rings.